The number of hydrogen-bond acceptors (Lipinski definition) is 4. The van der Waals surface area contributed by atoms with E-state index < -0.39 is 58.2 Å². The molecule has 0 rings (SSSR count). The highest BCUT2D eigenvalue weighted by molar-refractivity contribution is 6.22. The largest absolute Gasteiger partial charge is 0.431 e. The summed E-state index contributed by atoms with van der Waals surface area (Å²) in [5.74, 6) is -53.5. The Kier molecular flexibility index (Phi) is 7.61. The lowest BCUT2D eigenvalue weighted by Crippen LogP contribution is -2.68. The summed E-state index contributed by atoms with van der Waals surface area (Å²) in [7, 11) is 0. The Morgan fingerprint density at radius 3 is 0.938 bits per heavy atom. The summed E-state index contributed by atoms with van der Waals surface area (Å²) >= 11 is 6.98. The molecule has 0 radical (unpaired) electrons. The van der Waals surface area contributed by atoms with E-state index in [4.69, 9.17) is 0 Å². The molecule has 0 fully saturated rings. The van der Waals surface area contributed by atoms with Crippen LogP contribution in [0.3, 0.4) is 0 Å². The summed E-state index contributed by atoms with van der Waals surface area (Å²) in [4.78, 5) is 25.6. The monoisotopic (exact) mass is 558 g/mol. The van der Waals surface area contributed by atoms with Crippen LogP contribution in [-0.2, 0) is 19.4 Å². The predicted molar refractivity (Wildman–Crippen MR) is 63.5 cm³/mol. The first kappa shape index (κ1) is 30.4. The first-order valence-corrected chi connectivity index (χ1v) is 7.14. The average Bonchev–Trinajstić information content (AvgIpc) is 2.56. The second kappa shape index (κ2) is 8.01. The minimum Gasteiger partial charge on any atom is -0.240 e. The molecule has 0 spiro atoms. The standard InChI is InChI=1S/C10Cl2F16O4/c11-9(25,26)6(19,20)4(15,16)2(30)32-31-1(29)3(13,14)5(17,18)7(21,22)8(23,24)10(12,27)28. The number of alkyl halides is 18. The Labute approximate surface area is 172 Å². The zero-order valence-corrected chi connectivity index (χ0v) is 14.9. The van der Waals surface area contributed by atoms with E-state index in [-0.39, 0.29) is 0 Å². The molecule has 0 aromatic rings. The summed E-state index contributed by atoms with van der Waals surface area (Å²) in [6.07, 6.45) is 0. The molecule has 190 valence electrons. The Morgan fingerprint density at radius 1 is 0.438 bits per heavy atom. The maximum Gasteiger partial charge on any atom is 0.431 e. The molecule has 0 aromatic heterocycles. The fourth-order valence-corrected chi connectivity index (χ4v) is 1.42. The van der Waals surface area contributed by atoms with E-state index in [0.717, 1.165) is 0 Å². The molecule has 0 aromatic carbocycles. The smallest absolute Gasteiger partial charge is 0.240 e. The lowest BCUT2D eigenvalue weighted by molar-refractivity contribution is -0.390. The van der Waals surface area contributed by atoms with Gasteiger partial charge in [-0.3, -0.25) is 0 Å². The molecule has 0 aliphatic carbocycles. The topological polar surface area (TPSA) is 52.6 Å². The van der Waals surface area contributed by atoms with Crippen LogP contribution >= 0.6 is 23.2 Å². The second-order valence-electron chi connectivity index (χ2n) is 5.18. The molecular weight excluding hydrogens is 559 g/mol. The second-order valence-corrected chi connectivity index (χ2v) is 6.13. The van der Waals surface area contributed by atoms with Crippen molar-refractivity contribution in [3.8, 4) is 0 Å². The third-order valence-electron chi connectivity index (χ3n) is 3.00. The van der Waals surface area contributed by atoms with Gasteiger partial charge in [0, 0.05) is 0 Å². The summed E-state index contributed by atoms with van der Waals surface area (Å²) in [6.45, 7) is 0. The third-order valence-corrected chi connectivity index (χ3v) is 3.47. The van der Waals surface area contributed by atoms with Crippen molar-refractivity contribution < 1.29 is 89.6 Å². The summed E-state index contributed by atoms with van der Waals surface area (Å²) in [5, 5.41) is -13.0. The average molecular weight is 559 g/mol. The van der Waals surface area contributed by atoms with Crippen molar-refractivity contribution in [2.24, 2.45) is 0 Å². The molecule has 0 saturated carbocycles. The summed E-state index contributed by atoms with van der Waals surface area (Å²) < 4.78 is 204. The van der Waals surface area contributed by atoms with Gasteiger partial charge in [-0.15, -0.1) is 0 Å². The first-order valence-electron chi connectivity index (χ1n) is 6.38. The molecule has 0 bridgehead atoms. The van der Waals surface area contributed by atoms with Crippen molar-refractivity contribution in [3.63, 3.8) is 0 Å². The van der Waals surface area contributed by atoms with E-state index in [9.17, 15) is 79.8 Å². The minimum absolute atomic E-state index is 2.12. The van der Waals surface area contributed by atoms with Gasteiger partial charge in [-0.2, -0.15) is 70.2 Å². The summed E-state index contributed by atoms with van der Waals surface area (Å²) in [6, 6.07) is 0. The zero-order chi connectivity index (χ0) is 26.6. The van der Waals surface area contributed by atoms with Gasteiger partial charge in [-0.05, 0) is 23.2 Å². The molecule has 0 aliphatic rings. The van der Waals surface area contributed by atoms with Gasteiger partial charge < -0.3 is 0 Å². The van der Waals surface area contributed by atoms with E-state index in [1.807, 2.05) is 0 Å². The van der Waals surface area contributed by atoms with Gasteiger partial charge in [0.2, 0.25) is 0 Å². The van der Waals surface area contributed by atoms with Crippen LogP contribution in [0, 0.1) is 0 Å². The van der Waals surface area contributed by atoms with Crippen LogP contribution in [0.2, 0.25) is 0 Å². The molecule has 0 N–H and O–H groups in total. The van der Waals surface area contributed by atoms with Gasteiger partial charge in [0.05, 0.1) is 0 Å². The molecule has 0 aliphatic heterocycles. The molecule has 22 heteroatoms. The maximum atomic E-state index is 13.2. The summed E-state index contributed by atoms with van der Waals surface area (Å²) in [5.41, 5.74) is 0. The minimum atomic E-state index is -7.94. The van der Waals surface area contributed by atoms with Crippen LogP contribution in [0.1, 0.15) is 0 Å². The molecule has 32 heavy (non-hydrogen) atoms. The van der Waals surface area contributed by atoms with Gasteiger partial charge in [-0.1, -0.05) is 0 Å². The lowest BCUT2D eigenvalue weighted by atomic mass is 9.98. The van der Waals surface area contributed by atoms with Crippen molar-refractivity contribution in [1.82, 2.24) is 0 Å². The fraction of sp³-hybridized carbons (Fsp3) is 0.800. The lowest BCUT2D eigenvalue weighted by Gasteiger charge is -2.36. The van der Waals surface area contributed by atoms with E-state index >= 15 is 0 Å². The number of carbonyl (C=O) groups excluding carboxylic acids is 2. The first-order chi connectivity index (χ1) is 13.5. The Morgan fingerprint density at radius 2 is 0.688 bits per heavy atom. The van der Waals surface area contributed by atoms with E-state index in [2.05, 4.69) is 33.0 Å². The Bertz CT molecular complexity index is 740. The highest BCUT2D eigenvalue weighted by Crippen LogP contribution is 2.58. The van der Waals surface area contributed by atoms with Gasteiger partial charge in [0.25, 0.3) is 0 Å². The van der Waals surface area contributed by atoms with Crippen LogP contribution in [0.5, 0.6) is 0 Å². The number of halogens is 18. The molecule has 0 saturated heterocycles. The zero-order valence-electron chi connectivity index (χ0n) is 13.4. The van der Waals surface area contributed by atoms with Gasteiger partial charge in [0.15, 0.2) is 0 Å². The highest BCUT2D eigenvalue weighted by Gasteiger charge is 2.88. The molecule has 0 amide bonds. The normalized spacial score (nSPS) is 15.4. The van der Waals surface area contributed by atoms with Crippen molar-refractivity contribution in [2.75, 3.05) is 0 Å². The van der Waals surface area contributed by atoms with Crippen LogP contribution in [0.4, 0.5) is 70.2 Å². The Balaban J connectivity index is 5.88. The van der Waals surface area contributed by atoms with Gasteiger partial charge in [-0.25, -0.2) is 19.4 Å². The third kappa shape index (κ3) is 4.43. The predicted octanol–water partition coefficient (Wildman–Crippen LogP) is 5.46. The maximum absolute atomic E-state index is 13.2. The number of rotatable bonds is 8. The van der Waals surface area contributed by atoms with Crippen LogP contribution in [0.25, 0.3) is 0 Å². The van der Waals surface area contributed by atoms with Crippen molar-refractivity contribution in [3.05, 3.63) is 0 Å². The molecule has 0 heterocycles. The molecular formula is C10Cl2F16O4. The highest BCUT2D eigenvalue weighted by atomic mass is 35.5. The van der Waals surface area contributed by atoms with Crippen LogP contribution < -0.4 is 0 Å². The van der Waals surface area contributed by atoms with E-state index in [1.165, 1.54) is 0 Å². The van der Waals surface area contributed by atoms with Crippen LogP contribution in [0.15, 0.2) is 0 Å². The van der Waals surface area contributed by atoms with Crippen molar-refractivity contribution >= 4 is 35.1 Å². The van der Waals surface area contributed by atoms with E-state index in [1.54, 1.807) is 0 Å². The van der Waals surface area contributed by atoms with Crippen LogP contribution in [-0.4, -0.2) is 58.2 Å². The SMILES string of the molecule is O=C(OOC(=O)C(F)(F)C(F)(F)C(F)(F)C(F)(F)C(F)(F)Cl)C(F)(F)C(F)(F)C(F)(F)Cl. The molecule has 0 unspecified atom stereocenters. The van der Waals surface area contributed by atoms with Gasteiger partial charge in [0.1, 0.15) is 0 Å². The number of hydrogen-bond donors (Lipinski definition) is 0. The van der Waals surface area contributed by atoms with Crippen molar-refractivity contribution in [2.45, 2.75) is 46.3 Å². The quantitative estimate of drug-likeness (QED) is 0.172. The molecule has 0 atom stereocenters. The fourth-order valence-electron chi connectivity index (χ4n) is 1.19. The van der Waals surface area contributed by atoms with E-state index in [0.29, 0.717) is 0 Å². The number of carbonyl (C=O) groups is 2. The Hall–Kier alpha value is -1.60. The molecule has 4 nitrogen and oxygen atoms in total. The van der Waals surface area contributed by atoms with Gasteiger partial charge >= 0.3 is 58.2 Å². The van der Waals surface area contributed by atoms with Crippen molar-refractivity contribution in [1.29, 1.82) is 0 Å².